The van der Waals surface area contributed by atoms with Crippen molar-refractivity contribution in [3.63, 3.8) is 0 Å². The van der Waals surface area contributed by atoms with Crippen LogP contribution in [0.15, 0.2) is 39.5 Å². The third-order valence-electron chi connectivity index (χ3n) is 5.91. The number of carbonyl (C=O) groups is 2. The maximum absolute atomic E-state index is 12.9. The van der Waals surface area contributed by atoms with Gasteiger partial charge < -0.3 is 19.0 Å². The molecule has 1 aliphatic heterocycles. The smallest absolute Gasteiger partial charge is 0.449 e. The molecule has 5 rings (SSSR count). The number of aromatic nitrogens is 1. The number of halogens is 3. The van der Waals surface area contributed by atoms with Crippen LogP contribution in [0.25, 0.3) is 22.6 Å². The summed E-state index contributed by atoms with van der Waals surface area (Å²) in [6, 6.07) is 6.38. The second kappa shape index (κ2) is 8.23. The highest BCUT2D eigenvalue weighted by molar-refractivity contribution is 5.90. The van der Waals surface area contributed by atoms with Gasteiger partial charge in [-0.25, -0.2) is 4.79 Å². The lowest BCUT2D eigenvalue weighted by atomic mass is 10.0. The van der Waals surface area contributed by atoms with Crippen molar-refractivity contribution in [1.82, 2.24) is 10.5 Å². The first-order chi connectivity index (χ1) is 16.2. The van der Waals surface area contributed by atoms with E-state index in [4.69, 9.17) is 9.26 Å². The fourth-order valence-electron chi connectivity index (χ4n) is 4.32. The predicted octanol–water partition coefficient (Wildman–Crippen LogP) is 4.57. The molecule has 1 N–H and O–H groups in total. The van der Waals surface area contributed by atoms with Gasteiger partial charge >= 0.3 is 12.3 Å². The SMILES string of the molecule is CC(=O)NCC1CN(c2ccc3c(c2)CCCc2c(-c4coc(C(F)(F)F)c4)noc2-3)C(=O)O1. The van der Waals surface area contributed by atoms with Gasteiger partial charge in [0.1, 0.15) is 18.1 Å². The van der Waals surface area contributed by atoms with Crippen LogP contribution in [0.1, 0.15) is 30.2 Å². The van der Waals surface area contributed by atoms with Crippen molar-refractivity contribution in [2.45, 2.75) is 38.5 Å². The minimum absolute atomic E-state index is 0.202. The zero-order valence-electron chi connectivity index (χ0n) is 18.1. The van der Waals surface area contributed by atoms with Gasteiger partial charge in [0.15, 0.2) is 5.76 Å². The average molecular weight is 475 g/mol. The van der Waals surface area contributed by atoms with Crippen LogP contribution in [0.2, 0.25) is 0 Å². The first kappa shape index (κ1) is 22.1. The number of furan rings is 1. The number of nitrogens with one attached hydrogen (secondary N) is 1. The molecule has 11 heteroatoms. The lowest BCUT2D eigenvalue weighted by molar-refractivity contribution is -0.153. The second-order valence-electron chi connectivity index (χ2n) is 8.28. The van der Waals surface area contributed by atoms with Gasteiger partial charge in [-0.15, -0.1) is 0 Å². The zero-order valence-corrected chi connectivity index (χ0v) is 18.1. The number of hydrogen-bond donors (Lipinski definition) is 1. The number of ether oxygens (including phenoxy) is 1. The Morgan fingerprint density at radius 1 is 1.26 bits per heavy atom. The van der Waals surface area contributed by atoms with Crippen molar-refractivity contribution in [2.75, 3.05) is 18.0 Å². The molecule has 1 atom stereocenters. The topological polar surface area (TPSA) is 97.8 Å². The highest BCUT2D eigenvalue weighted by Gasteiger charge is 2.36. The van der Waals surface area contributed by atoms with Gasteiger partial charge in [0.2, 0.25) is 11.7 Å². The van der Waals surface area contributed by atoms with Crippen molar-refractivity contribution in [3.05, 3.63) is 47.4 Å². The Balaban J connectivity index is 1.42. The molecule has 0 bridgehead atoms. The standard InChI is InChI=1S/C23H20F3N3O5/c1-12(30)27-9-16-10-29(22(31)33-16)15-5-6-17-13(7-15)3-2-4-18-20(28-34-21(17)18)14-8-19(32-11-14)23(24,25)26/h5-8,11,16H,2-4,9-10H2,1H3,(H,27,30). The van der Waals surface area contributed by atoms with E-state index in [0.717, 1.165) is 35.4 Å². The van der Waals surface area contributed by atoms with E-state index in [1.807, 2.05) is 12.1 Å². The number of aryl methyl sites for hydroxylation is 1. The normalized spacial score (nSPS) is 17.7. The molecule has 3 aromatic rings. The van der Waals surface area contributed by atoms with E-state index in [9.17, 15) is 22.8 Å². The lowest BCUT2D eigenvalue weighted by Gasteiger charge is -2.15. The number of alkyl halides is 3. The Bertz CT molecular complexity index is 1260. The summed E-state index contributed by atoms with van der Waals surface area (Å²) in [6.07, 6.45) is -2.52. The average Bonchev–Trinajstić information content (AvgIpc) is 3.48. The fraction of sp³-hybridized carbons (Fsp3) is 0.348. The highest BCUT2D eigenvalue weighted by Crippen LogP contribution is 2.41. The summed E-state index contributed by atoms with van der Waals surface area (Å²) in [4.78, 5) is 25.0. The van der Waals surface area contributed by atoms with Gasteiger partial charge in [0.05, 0.1) is 13.1 Å². The molecule has 34 heavy (non-hydrogen) atoms. The first-order valence-corrected chi connectivity index (χ1v) is 10.7. The largest absolute Gasteiger partial charge is 0.459 e. The van der Waals surface area contributed by atoms with Crippen LogP contribution in [-0.4, -0.2) is 36.4 Å². The van der Waals surface area contributed by atoms with E-state index in [1.165, 1.54) is 11.8 Å². The molecule has 0 spiro atoms. The van der Waals surface area contributed by atoms with Gasteiger partial charge in [0.25, 0.3) is 0 Å². The van der Waals surface area contributed by atoms with Crippen molar-refractivity contribution >= 4 is 17.7 Å². The summed E-state index contributed by atoms with van der Waals surface area (Å²) < 4.78 is 54.4. The molecule has 1 unspecified atom stereocenters. The maximum Gasteiger partial charge on any atom is 0.449 e. The summed E-state index contributed by atoms with van der Waals surface area (Å²) in [6.45, 7) is 1.93. The number of rotatable bonds is 4. The van der Waals surface area contributed by atoms with Crippen LogP contribution in [0.5, 0.6) is 0 Å². The molecule has 1 aromatic carbocycles. The van der Waals surface area contributed by atoms with Gasteiger partial charge in [-0.05, 0) is 49.1 Å². The molecule has 8 nitrogen and oxygen atoms in total. The molecule has 2 aromatic heterocycles. The van der Waals surface area contributed by atoms with Crippen LogP contribution in [0.4, 0.5) is 23.7 Å². The van der Waals surface area contributed by atoms with Crippen LogP contribution in [0.3, 0.4) is 0 Å². The van der Waals surface area contributed by atoms with Gasteiger partial charge in [-0.3, -0.25) is 9.69 Å². The molecule has 3 heterocycles. The van der Waals surface area contributed by atoms with Crippen LogP contribution in [0, 0.1) is 0 Å². The van der Waals surface area contributed by atoms with E-state index < -0.39 is 24.1 Å². The molecule has 0 radical (unpaired) electrons. The van der Waals surface area contributed by atoms with Gasteiger partial charge in [-0.1, -0.05) is 5.16 Å². The molecular formula is C23H20F3N3O5. The van der Waals surface area contributed by atoms with E-state index in [0.29, 0.717) is 36.5 Å². The Hall–Kier alpha value is -3.76. The van der Waals surface area contributed by atoms with Crippen LogP contribution < -0.4 is 10.2 Å². The molecule has 2 amide bonds. The molecule has 178 valence electrons. The molecular weight excluding hydrogens is 455 g/mol. The zero-order chi connectivity index (χ0) is 24.0. The number of anilines is 1. The second-order valence-corrected chi connectivity index (χ2v) is 8.28. The van der Waals surface area contributed by atoms with Crippen molar-refractivity contribution in [1.29, 1.82) is 0 Å². The number of amides is 2. The number of benzene rings is 1. The van der Waals surface area contributed by atoms with E-state index in [-0.39, 0.29) is 18.0 Å². The number of carbonyl (C=O) groups excluding carboxylic acids is 2. The van der Waals surface area contributed by atoms with E-state index >= 15 is 0 Å². The Labute approximate surface area is 191 Å². The monoisotopic (exact) mass is 475 g/mol. The Kier molecular flexibility index (Phi) is 5.34. The summed E-state index contributed by atoms with van der Waals surface area (Å²) in [5.41, 5.74) is 3.62. The van der Waals surface area contributed by atoms with Crippen molar-refractivity contribution in [3.8, 4) is 22.6 Å². The number of hydrogen-bond acceptors (Lipinski definition) is 6. The third-order valence-corrected chi connectivity index (χ3v) is 5.91. The maximum atomic E-state index is 12.9. The fourth-order valence-corrected chi connectivity index (χ4v) is 4.32. The van der Waals surface area contributed by atoms with Crippen LogP contribution in [-0.2, 0) is 28.5 Å². The number of cyclic esters (lactones) is 1. The van der Waals surface area contributed by atoms with Gasteiger partial charge in [-0.2, -0.15) is 13.2 Å². The number of nitrogens with zero attached hydrogens (tertiary/aromatic N) is 2. The molecule has 1 aliphatic carbocycles. The van der Waals surface area contributed by atoms with E-state index in [2.05, 4.69) is 14.9 Å². The Morgan fingerprint density at radius 2 is 2.09 bits per heavy atom. The van der Waals surface area contributed by atoms with Gasteiger partial charge in [0, 0.05) is 29.3 Å². The summed E-state index contributed by atoms with van der Waals surface area (Å²) in [5, 5.41) is 6.68. The summed E-state index contributed by atoms with van der Waals surface area (Å²) in [5.74, 6) is -0.796. The third kappa shape index (κ3) is 4.02. The summed E-state index contributed by atoms with van der Waals surface area (Å²) in [7, 11) is 0. The van der Waals surface area contributed by atoms with E-state index in [1.54, 1.807) is 6.07 Å². The minimum atomic E-state index is -4.58. The molecule has 1 fully saturated rings. The highest BCUT2D eigenvalue weighted by atomic mass is 19.4. The molecule has 1 saturated heterocycles. The lowest BCUT2D eigenvalue weighted by Crippen LogP contribution is -2.33. The van der Waals surface area contributed by atoms with Crippen molar-refractivity contribution in [2.24, 2.45) is 0 Å². The molecule has 0 saturated carbocycles. The first-order valence-electron chi connectivity index (χ1n) is 10.7. The Morgan fingerprint density at radius 3 is 2.82 bits per heavy atom. The minimum Gasteiger partial charge on any atom is -0.459 e. The van der Waals surface area contributed by atoms with Crippen LogP contribution >= 0.6 is 0 Å². The van der Waals surface area contributed by atoms with Crippen molar-refractivity contribution < 1.29 is 36.4 Å². The number of fused-ring (bicyclic) bond motifs is 3. The molecule has 2 aliphatic rings. The predicted molar refractivity (Wildman–Crippen MR) is 113 cm³/mol. The summed E-state index contributed by atoms with van der Waals surface area (Å²) >= 11 is 0. The quantitative estimate of drug-likeness (QED) is 0.594.